The van der Waals surface area contributed by atoms with Crippen LogP contribution in [0.15, 0.2) is 71.2 Å². The zero-order valence-electron chi connectivity index (χ0n) is 18.6. The summed E-state index contributed by atoms with van der Waals surface area (Å²) < 4.78 is 6.17. The third kappa shape index (κ3) is 5.36. The lowest BCUT2D eigenvalue weighted by molar-refractivity contribution is -0.137. The first-order chi connectivity index (χ1) is 16.9. The van der Waals surface area contributed by atoms with Crippen LogP contribution in [0.1, 0.15) is 27.4 Å². The van der Waals surface area contributed by atoms with Crippen LogP contribution in [0.25, 0.3) is 11.1 Å². The smallest absolute Gasteiger partial charge is 0.411 e. The number of carboxylic acids is 1. The number of hydrogen-bond acceptors (Lipinski definition) is 5. The fraction of sp³-hybridized carbons (Fsp3) is 0.192. The number of aliphatic carboxylic acids is 1. The monoisotopic (exact) mass is 538 g/mol. The summed E-state index contributed by atoms with van der Waals surface area (Å²) in [6, 6.07) is 20.6. The van der Waals surface area contributed by atoms with E-state index in [0.717, 1.165) is 27.2 Å². The molecular weight excluding hydrogens is 516 g/mol. The molecular formula is C26H23BrN2O6. The van der Waals surface area contributed by atoms with Crippen LogP contribution < -0.4 is 5.32 Å². The lowest BCUT2D eigenvalue weighted by Crippen LogP contribution is -2.38. The Morgan fingerprint density at radius 1 is 0.971 bits per heavy atom. The summed E-state index contributed by atoms with van der Waals surface area (Å²) >= 11 is 3.32. The molecule has 0 atom stereocenters. The van der Waals surface area contributed by atoms with Gasteiger partial charge in [0.2, 0.25) is 0 Å². The molecule has 0 heterocycles. The Kier molecular flexibility index (Phi) is 7.48. The molecule has 1 aliphatic rings. The van der Waals surface area contributed by atoms with Crippen LogP contribution in [0.5, 0.6) is 0 Å². The van der Waals surface area contributed by atoms with Crippen LogP contribution in [0.2, 0.25) is 0 Å². The second kappa shape index (κ2) is 10.7. The van der Waals surface area contributed by atoms with Crippen LogP contribution in [0.4, 0.5) is 10.5 Å². The van der Waals surface area contributed by atoms with Crippen molar-refractivity contribution in [2.24, 2.45) is 0 Å². The Morgan fingerprint density at radius 3 is 2.20 bits per heavy atom. The van der Waals surface area contributed by atoms with Gasteiger partial charge in [0.15, 0.2) is 0 Å². The minimum absolute atomic E-state index is 0.0800. The van der Waals surface area contributed by atoms with E-state index in [2.05, 4.69) is 21.2 Å². The van der Waals surface area contributed by atoms with Gasteiger partial charge in [0.25, 0.3) is 5.91 Å². The van der Waals surface area contributed by atoms with Crippen molar-refractivity contribution in [3.05, 3.63) is 87.9 Å². The van der Waals surface area contributed by atoms with E-state index in [1.807, 2.05) is 48.5 Å². The van der Waals surface area contributed by atoms with E-state index in [0.29, 0.717) is 4.47 Å². The first-order valence-electron chi connectivity index (χ1n) is 10.9. The number of aliphatic hydroxyl groups excluding tert-OH is 1. The highest BCUT2D eigenvalue weighted by atomic mass is 79.9. The Hall–Kier alpha value is -3.69. The van der Waals surface area contributed by atoms with Crippen molar-refractivity contribution >= 4 is 39.6 Å². The molecule has 0 aliphatic heterocycles. The maximum Gasteiger partial charge on any atom is 0.411 e. The average Bonchev–Trinajstić information content (AvgIpc) is 3.16. The molecule has 3 aromatic carbocycles. The molecule has 0 bridgehead atoms. The SMILES string of the molecule is O=C(O)CN(CCO)C(=O)c1ccc(Br)cc1NC(=O)OCC1c2ccccc2-c2ccccc21. The van der Waals surface area contributed by atoms with Crippen molar-refractivity contribution < 1.29 is 29.3 Å². The van der Waals surface area contributed by atoms with Crippen molar-refractivity contribution in [1.82, 2.24) is 4.90 Å². The maximum atomic E-state index is 13.0. The number of amides is 2. The molecule has 9 heteroatoms. The van der Waals surface area contributed by atoms with Gasteiger partial charge in [-0.05, 0) is 40.5 Å². The molecule has 1 aliphatic carbocycles. The fourth-order valence-corrected chi connectivity index (χ4v) is 4.62. The molecule has 0 saturated carbocycles. The maximum absolute atomic E-state index is 13.0. The molecule has 0 saturated heterocycles. The van der Waals surface area contributed by atoms with Gasteiger partial charge < -0.3 is 19.8 Å². The summed E-state index contributed by atoms with van der Waals surface area (Å²) in [5.74, 6) is -1.97. The van der Waals surface area contributed by atoms with Crippen molar-refractivity contribution in [2.45, 2.75) is 5.92 Å². The highest BCUT2D eigenvalue weighted by molar-refractivity contribution is 9.10. The summed E-state index contributed by atoms with van der Waals surface area (Å²) in [6.07, 6.45) is -0.744. The molecule has 3 aromatic rings. The standard InChI is InChI=1S/C26H23BrN2O6/c27-16-9-10-21(25(33)29(11-12-30)14-24(31)32)23(13-16)28-26(34)35-15-22-19-7-3-1-5-17(19)18-6-2-4-8-20(18)22/h1-10,13,22,30H,11-12,14-15H2,(H,28,34)(H,31,32). The molecule has 35 heavy (non-hydrogen) atoms. The van der Waals surface area contributed by atoms with Gasteiger partial charge in [-0.1, -0.05) is 64.5 Å². The van der Waals surface area contributed by atoms with Gasteiger partial charge in [-0.3, -0.25) is 14.9 Å². The van der Waals surface area contributed by atoms with Crippen molar-refractivity contribution in [2.75, 3.05) is 31.6 Å². The van der Waals surface area contributed by atoms with Gasteiger partial charge in [-0.25, -0.2) is 4.79 Å². The molecule has 0 spiro atoms. The molecule has 0 unspecified atom stereocenters. The number of carbonyl (C=O) groups is 3. The van der Waals surface area contributed by atoms with E-state index in [1.54, 1.807) is 6.07 Å². The number of rotatable bonds is 8. The van der Waals surface area contributed by atoms with Crippen LogP contribution in [0, 0.1) is 0 Å². The first-order valence-corrected chi connectivity index (χ1v) is 11.7. The number of carboxylic acid groups (broad SMARTS) is 1. The van der Waals surface area contributed by atoms with E-state index in [-0.39, 0.29) is 30.3 Å². The molecule has 3 N–H and O–H groups in total. The number of aliphatic hydroxyl groups is 1. The summed E-state index contributed by atoms with van der Waals surface area (Å²) in [4.78, 5) is 37.9. The second-order valence-electron chi connectivity index (χ2n) is 7.98. The molecule has 4 rings (SSSR count). The zero-order chi connectivity index (χ0) is 24.9. The van der Waals surface area contributed by atoms with E-state index < -0.39 is 31.1 Å². The third-order valence-corrected chi connectivity index (χ3v) is 6.27. The minimum Gasteiger partial charge on any atom is -0.480 e. The lowest BCUT2D eigenvalue weighted by Gasteiger charge is -2.21. The van der Waals surface area contributed by atoms with Crippen LogP contribution in [0.3, 0.4) is 0 Å². The Bertz CT molecular complexity index is 1230. The predicted molar refractivity (Wildman–Crippen MR) is 133 cm³/mol. The third-order valence-electron chi connectivity index (χ3n) is 5.78. The second-order valence-corrected chi connectivity index (χ2v) is 8.90. The number of ether oxygens (including phenoxy) is 1. The number of nitrogens with zero attached hydrogens (tertiary/aromatic N) is 1. The summed E-state index contributed by atoms with van der Waals surface area (Å²) in [5.41, 5.74) is 4.62. The highest BCUT2D eigenvalue weighted by Crippen LogP contribution is 2.44. The van der Waals surface area contributed by atoms with Crippen LogP contribution in [-0.4, -0.2) is 59.4 Å². The van der Waals surface area contributed by atoms with Gasteiger partial charge in [-0.2, -0.15) is 0 Å². The summed E-state index contributed by atoms with van der Waals surface area (Å²) in [5, 5.41) is 20.9. The Balaban J connectivity index is 1.51. The predicted octanol–water partition coefficient (Wildman–Crippen LogP) is 4.33. The fourth-order valence-electron chi connectivity index (χ4n) is 4.26. The van der Waals surface area contributed by atoms with E-state index in [9.17, 15) is 19.5 Å². The molecule has 180 valence electrons. The molecule has 8 nitrogen and oxygen atoms in total. The number of hydrogen-bond donors (Lipinski definition) is 3. The van der Waals surface area contributed by atoms with Crippen molar-refractivity contribution in [3.63, 3.8) is 0 Å². The average molecular weight is 539 g/mol. The minimum atomic E-state index is -1.21. The zero-order valence-corrected chi connectivity index (χ0v) is 20.2. The molecule has 0 aromatic heterocycles. The van der Waals surface area contributed by atoms with Gasteiger partial charge >= 0.3 is 12.1 Å². The summed E-state index contributed by atoms with van der Waals surface area (Å²) in [6.45, 7) is -1.04. The number of anilines is 1. The molecule has 2 amide bonds. The van der Waals surface area contributed by atoms with Crippen LogP contribution in [-0.2, 0) is 9.53 Å². The van der Waals surface area contributed by atoms with Gasteiger partial charge in [0, 0.05) is 16.9 Å². The lowest BCUT2D eigenvalue weighted by atomic mass is 9.98. The number of nitrogens with one attached hydrogen (secondary N) is 1. The van der Waals surface area contributed by atoms with Crippen molar-refractivity contribution in [3.8, 4) is 11.1 Å². The number of carbonyl (C=O) groups excluding carboxylic acids is 2. The molecule has 0 fully saturated rings. The number of benzene rings is 3. The number of fused-ring (bicyclic) bond motifs is 3. The Labute approximate surface area is 210 Å². The topological polar surface area (TPSA) is 116 Å². The van der Waals surface area contributed by atoms with E-state index in [1.165, 1.54) is 12.1 Å². The molecule has 0 radical (unpaired) electrons. The summed E-state index contributed by atoms with van der Waals surface area (Å²) in [7, 11) is 0. The van der Waals surface area contributed by atoms with Crippen LogP contribution >= 0.6 is 15.9 Å². The Morgan fingerprint density at radius 2 is 1.60 bits per heavy atom. The normalized spacial score (nSPS) is 11.9. The first kappa shape index (κ1) is 24.4. The van der Waals surface area contributed by atoms with E-state index in [4.69, 9.17) is 9.84 Å². The van der Waals surface area contributed by atoms with Gasteiger partial charge in [-0.15, -0.1) is 0 Å². The van der Waals surface area contributed by atoms with Gasteiger partial charge in [0.1, 0.15) is 13.2 Å². The highest BCUT2D eigenvalue weighted by Gasteiger charge is 2.29. The largest absolute Gasteiger partial charge is 0.480 e. The quantitative estimate of drug-likeness (QED) is 0.393. The number of halogens is 1. The van der Waals surface area contributed by atoms with Gasteiger partial charge in [0.05, 0.1) is 17.9 Å². The van der Waals surface area contributed by atoms with Crippen molar-refractivity contribution in [1.29, 1.82) is 0 Å². The van der Waals surface area contributed by atoms with E-state index >= 15 is 0 Å².